The van der Waals surface area contributed by atoms with Gasteiger partial charge in [0.15, 0.2) is 0 Å². The number of esters is 1. The Balaban J connectivity index is 2.31. The first-order valence-corrected chi connectivity index (χ1v) is 6.53. The van der Waals surface area contributed by atoms with Crippen LogP contribution in [0.5, 0.6) is 0 Å². The van der Waals surface area contributed by atoms with Crippen LogP contribution >= 0.6 is 0 Å². The third kappa shape index (κ3) is 4.64. The molecule has 1 amide bonds. The van der Waals surface area contributed by atoms with Crippen molar-refractivity contribution in [2.45, 2.75) is 32.8 Å². The summed E-state index contributed by atoms with van der Waals surface area (Å²) in [5.41, 5.74) is 0. The molecule has 5 heteroatoms. The van der Waals surface area contributed by atoms with Crippen LogP contribution in [-0.4, -0.2) is 61.5 Å². The van der Waals surface area contributed by atoms with Crippen LogP contribution in [0.1, 0.15) is 26.7 Å². The van der Waals surface area contributed by atoms with E-state index in [4.69, 9.17) is 4.74 Å². The molecule has 0 aromatic rings. The van der Waals surface area contributed by atoms with Gasteiger partial charge in [0.25, 0.3) is 0 Å². The van der Waals surface area contributed by atoms with Crippen molar-refractivity contribution >= 4 is 11.9 Å². The molecular formula is C13H24N2O3. The van der Waals surface area contributed by atoms with Crippen LogP contribution in [0.3, 0.4) is 0 Å². The molecule has 1 aliphatic rings. The van der Waals surface area contributed by atoms with Crippen molar-refractivity contribution in [1.82, 2.24) is 9.80 Å². The third-order valence-corrected chi connectivity index (χ3v) is 3.10. The van der Waals surface area contributed by atoms with Gasteiger partial charge in [-0.2, -0.15) is 0 Å². The molecule has 1 rings (SSSR count). The van der Waals surface area contributed by atoms with Crippen LogP contribution < -0.4 is 0 Å². The van der Waals surface area contributed by atoms with Crippen molar-refractivity contribution in [2.75, 3.05) is 33.7 Å². The van der Waals surface area contributed by atoms with Gasteiger partial charge in [-0.05, 0) is 39.8 Å². The minimum atomic E-state index is -0.178. The highest BCUT2D eigenvalue weighted by atomic mass is 16.5. The smallest absolute Gasteiger partial charge is 0.320 e. The fourth-order valence-electron chi connectivity index (χ4n) is 2.19. The molecule has 104 valence electrons. The van der Waals surface area contributed by atoms with Crippen LogP contribution in [0, 0.1) is 5.92 Å². The monoisotopic (exact) mass is 256 g/mol. The molecule has 1 saturated heterocycles. The Kier molecular flexibility index (Phi) is 5.59. The molecular weight excluding hydrogens is 232 g/mol. The predicted molar refractivity (Wildman–Crippen MR) is 69.1 cm³/mol. The average Bonchev–Trinajstić information content (AvgIpc) is 2.27. The molecule has 5 nitrogen and oxygen atoms in total. The first-order chi connectivity index (χ1) is 8.40. The van der Waals surface area contributed by atoms with Gasteiger partial charge in [-0.1, -0.05) is 0 Å². The largest absolute Gasteiger partial charge is 0.462 e. The van der Waals surface area contributed by atoms with E-state index in [1.54, 1.807) is 19.0 Å². The van der Waals surface area contributed by atoms with Crippen molar-refractivity contribution in [3.8, 4) is 0 Å². The third-order valence-electron chi connectivity index (χ3n) is 3.10. The lowest BCUT2D eigenvalue weighted by molar-refractivity contribution is -0.149. The second-order valence-corrected chi connectivity index (χ2v) is 5.32. The Morgan fingerprint density at radius 2 is 1.83 bits per heavy atom. The molecule has 0 saturated carbocycles. The molecule has 1 heterocycles. The number of hydrogen-bond donors (Lipinski definition) is 0. The standard InChI is InChI=1S/C13H24N2O3/c1-10(2)18-12(16)9-15-7-5-11(6-8-15)13(17)14(3)4/h10-11H,5-9H2,1-4H3. The average molecular weight is 256 g/mol. The molecule has 0 aliphatic carbocycles. The summed E-state index contributed by atoms with van der Waals surface area (Å²) in [6.07, 6.45) is 1.59. The second kappa shape index (κ2) is 6.73. The van der Waals surface area contributed by atoms with E-state index in [1.165, 1.54) is 0 Å². The number of amides is 1. The molecule has 0 spiro atoms. The maximum absolute atomic E-state index is 11.8. The van der Waals surface area contributed by atoms with Gasteiger partial charge >= 0.3 is 5.97 Å². The summed E-state index contributed by atoms with van der Waals surface area (Å²) in [5, 5.41) is 0. The molecule has 1 fully saturated rings. The summed E-state index contributed by atoms with van der Waals surface area (Å²) in [5.74, 6) is 0.124. The highest BCUT2D eigenvalue weighted by Gasteiger charge is 2.27. The van der Waals surface area contributed by atoms with E-state index < -0.39 is 0 Å². The maximum atomic E-state index is 11.8. The molecule has 0 radical (unpaired) electrons. The maximum Gasteiger partial charge on any atom is 0.320 e. The topological polar surface area (TPSA) is 49.9 Å². The molecule has 0 aromatic heterocycles. The molecule has 0 aromatic carbocycles. The molecule has 0 unspecified atom stereocenters. The van der Waals surface area contributed by atoms with Gasteiger partial charge in [0, 0.05) is 20.0 Å². The molecule has 1 aliphatic heterocycles. The minimum absolute atomic E-state index is 0.0645. The SMILES string of the molecule is CC(C)OC(=O)CN1CCC(C(=O)N(C)C)CC1. The molecule has 18 heavy (non-hydrogen) atoms. The summed E-state index contributed by atoms with van der Waals surface area (Å²) in [7, 11) is 3.57. The number of ether oxygens (including phenoxy) is 1. The van der Waals surface area contributed by atoms with Crippen molar-refractivity contribution in [1.29, 1.82) is 0 Å². The number of carbonyl (C=O) groups is 2. The second-order valence-electron chi connectivity index (χ2n) is 5.32. The Hall–Kier alpha value is -1.10. The summed E-state index contributed by atoms with van der Waals surface area (Å²) in [6.45, 7) is 5.61. The minimum Gasteiger partial charge on any atom is -0.462 e. The predicted octanol–water partition coefficient (Wildman–Crippen LogP) is 0.738. The zero-order chi connectivity index (χ0) is 13.7. The number of likely N-dealkylation sites (tertiary alicyclic amines) is 1. The van der Waals surface area contributed by atoms with Gasteiger partial charge in [-0.25, -0.2) is 0 Å². The summed E-state index contributed by atoms with van der Waals surface area (Å²) in [6, 6.07) is 0. The number of piperidine rings is 1. The van der Waals surface area contributed by atoms with Gasteiger partial charge in [0.2, 0.25) is 5.91 Å². The van der Waals surface area contributed by atoms with Crippen molar-refractivity contribution in [3.05, 3.63) is 0 Å². The number of nitrogens with zero attached hydrogens (tertiary/aromatic N) is 2. The highest BCUT2D eigenvalue weighted by molar-refractivity contribution is 5.78. The summed E-state index contributed by atoms with van der Waals surface area (Å²) < 4.78 is 5.11. The van der Waals surface area contributed by atoms with E-state index in [9.17, 15) is 9.59 Å². The van der Waals surface area contributed by atoms with Crippen LogP contribution in [-0.2, 0) is 14.3 Å². The number of rotatable bonds is 4. The lowest BCUT2D eigenvalue weighted by atomic mass is 9.95. The Labute approximate surface area is 109 Å². The van der Waals surface area contributed by atoms with E-state index in [2.05, 4.69) is 4.90 Å². The lowest BCUT2D eigenvalue weighted by Gasteiger charge is -2.31. The van der Waals surface area contributed by atoms with Crippen LogP contribution in [0.4, 0.5) is 0 Å². The Morgan fingerprint density at radius 3 is 2.28 bits per heavy atom. The van der Waals surface area contributed by atoms with E-state index in [-0.39, 0.29) is 23.9 Å². The van der Waals surface area contributed by atoms with Gasteiger partial charge in [-0.3, -0.25) is 14.5 Å². The molecule has 0 bridgehead atoms. The first kappa shape index (κ1) is 15.0. The Bertz CT molecular complexity index is 295. The zero-order valence-corrected chi connectivity index (χ0v) is 11.8. The highest BCUT2D eigenvalue weighted by Crippen LogP contribution is 2.18. The Morgan fingerprint density at radius 1 is 1.28 bits per heavy atom. The summed E-state index contributed by atoms with van der Waals surface area (Å²) in [4.78, 5) is 27.0. The zero-order valence-electron chi connectivity index (χ0n) is 11.8. The van der Waals surface area contributed by atoms with Crippen LogP contribution in [0.25, 0.3) is 0 Å². The summed E-state index contributed by atoms with van der Waals surface area (Å²) >= 11 is 0. The fraction of sp³-hybridized carbons (Fsp3) is 0.846. The van der Waals surface area contributed by atoms with Crippen LogP contribution in [0.15, 0.2) is 0 Å². The quantitative estimate of drug-likeness (QED) is 0.696. The number of hydrogen-bond acceptors (Lipinski definition) is 4. The van der Waals surface area contributed by atoms with Gasteiger partial charge in [0.05, 0.1) is 12.6 Å². The lowest BCUT2D eigenvalue weighted by Crippen LogP contribution is -2.42. The van der Waals surface area contributed by atoms with Crippen molar-refractivity contribution in [3.63, 3.8) is 0 Å². The van der Waals surface area contributed by atoms with Crippen LogP contribution in [0.2, 0.25) is 0 Å². The molecule has 0 N–H and O–H groups in total. The number of carbonyl (C=O) groups excluding carboxylic acids is 2. The van der Waals surface area contributed by atoms with Crippen molar-refractivity contribution in [2.24, 2.45) is 5.92 Å². The van der Waals surface area contributed by atoms with Gasteiger partial charge in [0.1, 0.15) is 0 Å². The van der Waals surface area contributed by atoms with E-state index in [0.29, 0.717) is 6.54 Å². The van der Waals surface area contributed by atoms with Crippen molar-refractivity contribution < 1.29 is 14.3 Å². The first-order valence-electron chi connectivity index (χ1n) is 6.53. The molecule has 0 atom stereocenters. The fourth-order valence-corrected chi connectivity index (χ4v) is 2.19. The van der Waals surface area contributed by atoms with E-state index in [0.717, 1.165) is 25.9 Å². The van der Waals surface area contributed by atoms with E-state index in [1.807, 2.05) is 13.8 Å². The van der Waals surface area contributed by atoms with Gasteiger partial charge in [-0.15, -0.1) is 0 Å². The van der Waals surface area contributed by atoms with Gasteiger partial charge < -0.3 is 9.64 Å². The van der Waals surface area contributed by atoms with E-state index >= 15 is 0 Å². The normalized spacial score (nSPS) is 17.8.